The first-order valence-electron chi connectivity index (χ1n) is 8.73. The van der Waals surface area contributed by atoms with Crippen LogP contribution in [-0.4, -0.2) is 10.9 Å². The molecule has 1 N–H and O–H groups in total. The largest absolute Gasteiger partial charge is 0.508 e. The van der Waals surface area contributed by atoms with Crippen molar-refractivity contribution >= 4 is 5.78 Å². The lowest BCUT2D eigenvalue weighted by atomic mass is 9.53. The topological polar surface area (TPSA) is 37.3 Å². The maximum Gasteiger partial charge on any atom is 0.133 e. The van der Waals surface area contributed by atoms with Gasteiger partial charge in [-0.3, -0.25) is 4.79 Å². The molecule has 2 heteroatoms. The van der Waals surface area contributed by atoms with E-state index in [1.165, 1.54) is 24.0 Å². The number of carbonyl (C=O) groups is 1. The van der Waals surface area contributed by atoms with Crippen LogP contribution in [0.3, 0.4) is 0 Å². The number of fused-ring (bicyclic) bond motifs is 3. The van der Waals surface area contributed by atoms with E-state index < -0.39 is 0 Å². The lowest BCUT2D eigenvalue weighted by molar-refractivity contribution is -0.126. The van der Waals surface area contributed by atoms with Gasteiger partial charge in [0.05, 0.1) is 0 Å². The van der Waals surface area contributed by atoms with Gasteiger partial charge >= 0.3 is 0 Å². The summed E-state index contributed by atoms with van der Waals surface area (Å²) in [6.07, 6.45) is 6.01. The molecule has 0 saturated heterocycles. The second-order valence-corrected chi connectivity index (χ2v) is 8.06. The third kappa shape index (κ3) is 2.68. The number of benzene rings is 1. The number of phenols is 1. The van der Waals surface area contributed by atoms with Crippen LogP contribution in [0.4, 0.5) is 0 Å². The van der Waals surface area contributed by atoms with Gasteiger partial charge in [-0.25, -0.2) is 0 Å². The third-order valence-corrected chi connectivity index (χ3v) is 6.16. The summed E-state index contributed by atoms with van der Waals surface area (Å²) in [6, 6.07) is 5.74. The minimum Gasteiger partial charge on any atom is -0.508 e. The maximum atomic E-state index is 12.3. The van der Waals surface area contributed by atoms with Crippen LogP contribution in [0.15, 0.2) is 18.2 Å². The second kappa shape index (κ2) is 5.72. The van der Waals surface area contributed by atoms with Crippen molar-refractivity contribution in [2.45, 2.75) is 65.2 Å². The van der Waals surface area contributed by atoms with Gasteiger partial charge in [-0.05, 0) is 65.7 Å². The van der Waals surface area contributed by atoms with Crippen LogP contribution in [0.5, 0.6) is 5.75 Å². The summed E-state index contributed by atoms with van der Waals surface area (Å²) in [5, 5.41) is 9.73. The molecule has 2 aliphatic rings. The lowest BCUT2D eigenvalue weighted by Gasteiger charge is -2.51. The number of hydrogen-bond acceptors (Lipinski definition) is 2. The van der Waals surface area contributed by atoms with E-state index in [0.29, 0.717) is 35.7 Å². The third-order valence-electron chi connectivity index (χ3n) is 6.16. The summed E-state index contributed by atoms with van der Waals surface area (Å²) >= 11 is 0. The molecule has 0 unspecified atom stereocenters. The maximum absolute atomic E-state index is 12.3. The minimum absolute atomic E-state index is 0.243. The summed E-state index contributed by atoms with van der Waals surface area (Å²) in [7, 11) is 0. The van der Waals surface area contributed by atoms with Crippen LogP contribution in [0, 0.1) is 17.3 Å². The van der Waals surface area contributed by atoms with Gasteiger partial charge in [-0.1, -0.05) is 33.3 Å². The standard InChI is InChI=1S/C20H28O2/c1-13(2)4-5-15-11-17(22)12-19-18-7-6-16(21)10-14(18)8-9-20(15,19)3/h6-7,10,13,15,19,21H,4-5,8-9,11-12H2,1-3H3/t15-,19+,20-/m0/s1. The van der Waals surface area contributed by atoms with Gasteiger partial charge in [0.25, 0.3) is 0 Å². The Morgan fingerprint density at radius 3 is 2.82 bits per heavy atom. The van der Waals surface area contributed by atoms with Crippen LogP contribution in [0.25, 0.3) is 0 Å². The summed E-state index contributed by atoms with van der Waals surface area (Å²) in [6.45, 7) is 6.94. The van der Waals surface area contributed by atoms with Crippen LogP contribution < -0.4 is 0 Å². The first kappa shape index (κ1) is 15.6. The lowest BCUT2D eigenvalue weighted by Crippen LogP contribution is -2.43. The average molecular weight is 300 g/mol. The van der Waals surface area contributed by atoms with E-state index in [1.807, 2.05) is 6.07 Å². The van der Waals surface area contributed by atoms with Crippen molar-refractivity contribution in [3.05, 3.63) is 29.3 Å². The quantitative estimate of drug-likeness (QED) is 0.867. The van der Waals surface area contributed by atoms with E-state index in [9.17, 15) is 9.90 Å². The van der Waals surface area contributed by atoms with Crippen LogP contribution in [0.1, 0.15) is 69.9 Å². The van der Waals surface area contributed by atoms with Crippen molar-refractivity contribution in [2.75, 3.05) is 0 Å². The Labute approximate surface area is 133 Å². The Morgan fingerprint density at radius 1 is 1.32 bits per heavy atom. The Hall–Kier alpha value is -1.31. The van der Waals surface area contributed by atoms with Crippen molar-refractivity contribution in [3.8, 4) is 5.75 Å². The summed E-state index contributed by atoms with van der Waals surface area (Å²) in [5.41, 5.74) is 2.81. The highest BCUT2D eigenvalue weighted by molar-refractivity contribution is 5.81. The van der Waals surface area contributed by atoms with Gasteiger partial charge in [-0.15, -0.1) is 0 Å². The van der Waals surface area contributed by atoms with Crippen molar-refractivity contribution < 1.29 is 9.90 Å². The van der Waals surface area contributed by atoms with E-state index in [4.69, 9.17) is 0 Å². The molecule has 3 atom stereocenters. The number of ketones is 1. The van der Waals surface area contributed by atoms with Crippen molar-refractivity contribution in [1.82, 2.24) is 0 Å². The van der Waals surface area contributed by atoms with E-state index in [-0.39, 0.29) is 5.41 Å². The Kier molecular flexibility index (Phi) is 4.05. The van der Waals surface area contributed by atoms with Gasteiger partial charge in [0.15, 0.2) is 0 Å². The van der Waals surface area contributed by atoms with E-state index in [0.717, 1.165) is 19.3 Å². The number of hydrogen-bond donors (Lipinski definition) is 1. The molecule has 0 amide bonds. The van der Waals surface area contributed by atoms with Gasteiger partial charge < -0.3 is 5.11 Å². The highest BCUT2D eigenvalue weighted by atomic mass is 16.3. The summed E-state index contributed by atoms with van der Waals surface area (Å²) < 4.78 is 0. The van der Waals surface area contributed by atoms with Crippen LogP contribution >= 0.6 is 0 Å². The fourth-order valence-electron chi connectivity index (χ4n) is 4.70. The van der Waals surface area contributed by atoms with E-state index in [1.54, 1.807) is 6.07 Å². The number of aromatic hydroxyl groups is 1. The molecule has 1 saturated carbocycles. The zero-order valence-corrected chi connectivity index (χ0v) is 14.1. The molecule has 0 radical (unpaired) electrons. The number of carbonyl (C=O) groups excluding carboxylic acids is 1. The Bertz CT molecular complexity index is 575. The molecule has 0 bridgehead atoms. The van der Waals surface area contributed by atoms with Gasteiger partial charge in [-0.2, -0.15) is 0 Å². The van der Waals surface area contributed by atoms with E-state index in [2.05, 4.69) is 26.8 Å². The molecule has 2 nitrogen and oxygen atoms in total. The smallest absolute Gasteiger partial charge is 0.133 e. The molecule has 2 aliphatic carbocycles. The normalized spacial score (nSPS) is 31.0. The van der Waals surface area contributed by atoms with Crippen LogP contribution in [0.2, 0.25) is 0 Å². The van der Waals surface area contributed by atoms with Crippen LogP contribution in [-0.2, 0) is 11.2 Å². The molecule has 120 valence electrons. The summed E-state index contributed by atoms with van der Waals surface area (Å²) in [4.78, 5) is 12.3. The molecule has 0 spiro atoms. The Morgan fingerprint density at radius 2 is 2.09 bits per heavy atom. The number of Topliss-reactive ketones (excluding diaryl/α,β-unsaturated/α-hetero) is 1. The number of aryl methyl sites for hydroxylation is 1. The fourth-order valence-corrected chi connectivity index (χ4v) is 4.70. The van der Waals surface area contributed by atoms with Crippen molar-refractivity contribution in [3.63, 3.8) is 0 Å². The Balaban J connectivity index is 1.93. The fraction of sp³-hybridized carbons (Fsp3) is 0.650. The molecule has 1 aromatic rings. The SMILES string of the molecule is CC(C)CC[C@H]1CC(=O)C[C@@H]2c3ccc(O)cc3CC[C@@]12C. The van der Waals surface area contributed by atoms with Gasteiger partial charge in [0.1, 0.15) is 11.5 Å². The molecule has 0 aromatic heterocycles. The highest BCUT2D eigenvalue weighted by Gasteiger charge is 2.48. The molecular weight excluding hydrogens is 272 g/mol. The minimum atomic E-state index is 0.243. The first-order valence-corrected chi connectivity index (χ1v) is 8.73. The highest BCUT2D eigenvalue weighted by Crippen LogP contribution is 2.57. The average Bonchev–Trinajstić information content (AvgIpc) is 2.45. The van der Waals surface area contributed by atoms with E-state index >= 15 is 0 Å². The van der Waals surface area contributed by atoms with Crippen molar-refractivity contribution in [2.24, 2.45) is 17.3 Å². The first-order chi connectivity index (χ1) is 10.4. The van der Waals surface area contributed by atoms with Gasteiger partial charge in [0.2, 0.25) is 0 Å². The zero-order chi connectivity index (χ0) is 15.9. The van der Waals surface area contributed by atoms with Crippen molar-refractivity contribution in [1.29, 1.82) is 0 Å². The molecular formula is C20H28O2. The summed E-state index contributed by atoms with van der Waals surface area (Å²) in [5.74, 6) is 2.34. The molecule has 3 rings (SSSR count). The predicted molar refractivity (Wildman–Crippen MR) is 89.1 cm³/mol. The van der Waals surface area contributed by atoms with Gasteiger partial charge in [0, 0.05) is 12.8 Å². The molecule has 1 fully saturated rings. The second-order valence-electron chi connectivity index (χ2n) is 8.06. The predicted octanol–water partition coefficient (Wildman–Crippen LogP) is 4.84. The molecule has 0 aliphatic heterocycles. The zero-order valence-electron chi connectivity index (χ0n) is 14.1. The number of phenolic OH excluding ortho intramolecular Hbond substituents is 1. The molecule has 22 heavy (non-hydrogen) atoms. The molecule has 1 aromatic carbocycles. The molecule has 0 heterocycles. The monoisotopic (exact) mass is 300 g/mol. The number of rotatable bonds is 3.